The number of nitrogens with one attached hydrogen (secondary N) is 1. The van der Waals surface area contributed by atoms with Crippen molar-refractivity contribution in [3.8, 4) is 0 Å². The van der Waals surface area contributed by atoms with Gasteiger partial charge in [0.1, 0.15) is 0 Å². The first-order chi connectivity index (χ1) is 6.22. The second kappa shape index (κ2) is 4.62. The molecule has 1 aromatic rings. The van der Waals surface area contributed by atoms with E-state index in [4.69, 9.17) is 16.9 Å². The standard InChI is InChI=1S/C10H15N3/c11-6-5-8-1-3-9(4-2-8)7-10(12)13/h1-4H,5-7,11H2,(H3,12,13). The molecule has 0 heterocycles. The van der Waals surface area contributed by atoms with Gasteiger partial charge >= 0.3 is 0 Å². The Balaban J connectivity index is 2.64. The third-order valence-electron chi connectivity index (χ3n) is 1.85. The highest BCUT2D eigenvalue weighted by Crippen LogP contribution is 2.05. The molecule has 3 nitrogen and oxygen atoms in total. The summed E-state index contributed by atoms with van der Waals surface area (Å²) >= 11 is 0. The summed E-state index contributed by atoms with van der Waals surface area (Å²) in [6.07, 6.45) is 1.43. The lowest BCUT2D eigenvalue weighted by Gasteiger charge is -2.01. The van der Waals surface area contributed by atoms with Crippen LogP contribution in [0.4, 0.5) is 0 Å². The van der Waals surface area contributed by atoms with E-state index in [1.54, 1.807) is 0 Å². The molecule has 0 bridgehead atoms. The second-order valence-electron chi connectivity index (χ2n) is 3.06. The summed E-state index contributed by atoms with van der Waals surface area (Å²) in [5.41, 5.74) is 13.0. The number of hydrogen-bond donors (Lipinski definition) is 3. The SMILES string of the molecule is N=C(N)Cc1ccc(CCN)cc1. The van der Waals surface area contributed by atoms with Crippen LogP contribution in [0.5, 0.6) is 0 Å². The van der Waals surface area contributed by atoms with Gasteiger partial charge in [-0.3, -0.25) is 5.41 Å². The van der Waals surface area contributed by atoms with Gasteiger partial charge in [-0.1, -0.05) is 24.3 Å². The first-order valence-corrected chi connectivity index (χ1v) is 4.33. The molecule has 0 saturated heterocycles. The minimum Gasteiger partial charge on any atom is -0.387 e. The Morgan fingerprint density at radius 3 is 2.15 bits per heavy atom. The average Bonchev–Trinajstić information content (AvgIpc) is 2.08. The molecule has 0 radical (unpaired) electrons. The van der Waals surface area contributed by atoms with Gasteiger partial charge in [0.2, 0.25) is 0 Å². The van der Waals surface area contributed by atoms with Crippen LogP contribution in [-0.2, 0) is 12.8 Å². The second-order valence-corrected chi connectivity index (χ2v) is 3.06. The highest BCUT2D eigenvalue weighted by Gasteiger charge is 1.95. The molecule has 0 amide bonds. The van der Waals surface area contributed by atoms with Gasteiger partial charge in [-0.25, -0.2) is 0 Å². The van der Waals surface area contributed by atoms with Crippen molar-refractivity contribution in [2.75, 3.05) is 6.54 Å². The maximum absolute atomic E-state index is 7.12. The summed E-state index contributed by atoms with van der Waals surface area (Å²) < 4.78 is 0. The molecule has 70 valence electrons. The smallest absolute Gasteiger partial charge is 0.0950 e. The van der Waals surface area contributed by atoms with Crippen molar-refractivity contribution < 1.29 is 0 Å². The van der Waals surface area contributed by atoms with Gasteiger partial charge in [-0.05, 0) is 24.1 Å². The van der Waals surface area contributed by atoms with E-state index in [1.807, 2.05) is 24.3 Å². The van der Waals surface area contributed by atoms with Gasteiger partial charge in [-0.2, -0.15) is 0 Å². The number of rotatable bonds is 4. The third kappa shape index (κ3) is 3.25. The van der Waals surface area contributed by atoms with Crippen molar-refractivity contribution in [2.24, 2.45) is 11.5 Å². The van der Waals surface area contributed by atoms with Crippen molar-refractivity contribution in [3.63, 3.8) is 0 Å². The van der Waals surface area contributed by atoms with Crippen LogP contribution in [0.1, 0.15) is 11.1 Å². The van der Waals surface area contributed by atoms with Gasteiger partial charge in [0, 0.05) is 6.42 Å². The number of nitrogens with two attached hydrogens (primary N) is 2. The van der Waals surface area contributed by atoms with Crippen LogP contribution in [0.25, 0.3) is 0 Å². The van der Waals surface area contributed by atoms with E-state index in [0.717, 1.165) is 12.0 Å². The predicted molar refractivity (Wildman–Crippen MR) is 54.8 cm³/mol. The van der Waals surface area contributed by atoms with Crippen molar-refractivity contribution in [1.82, 2.24) is 0 Å². The summed E-state index contributed by atoms with van der Waals surface area (Å²) in [5.74, 6) is 0.201. The molecule has 3 heteroatoms. The monoisotopic (exact) mass is 177 g/mol. The zero-order valence-electron chi connectivity index (χ0n) is 7.59. The maximum atomic E-state index is 7.12. The van der Waals surface area contributed by atoms with Crippen LogP contribution in [0.3, 0.4) is 0 Å². The zero-order chi connectivity index (χ0) is 9.68. The summed E-state index contributed by atoms with van der Waals surface area (Å²) in [5, 5.41) is 7.12. The van der Waals surface area contributed by atoms with E-state index < -0.39 is 0 Å². The van der Waals surface area contributed by atoms with Gasteiger partial charge < -0.3 is 11.5 Å². The first kappa shape index (κ1) is 9.74. The average molecular weight is 177 g/mol. The molecule has 0 saturated carbocycles. The van der Waals surface area contributed by atoms with E-state index in [9.17, 15) is 0 Å². The fraction of sp³-hybridized carbons (Fsp3) is 0.300. The van der Waals surface area contributed by atoms with E-state index in [-0.39, 0.29) is 5.84 Å². The molecule has 0 fully saturated rings. The molecule has 1 aromatic carbocycles. The largest absolute Gasteiger partial charge is 0.387 e. The molecular weight excluding hydrogens is 162 g/mol. The number of benzene rings is 1. The quantitative estimate of drug-likeness (QED) is 0.467. The van der Waals surface area contributed by atoms with E-state index in [1.165, 1.54) is 5.56 Å². The Morgan fingerprint density at radius 1 is 1.15 bits per heavy atom. The Bertz CT molecular complexity index is 277. The van der Waals surface area contributed by atoms with Gasteiger partial charge in [0.25, 0.3) is 0 Å². The summed E-state index contributed by atoms with van der Waals surface area (Å²) in [6.45, 7) is 0.673. The van der Waals surface area contributed by atoms with Crippen LogP contribution in [0.2, 0.25) is 0 Å². The third-order valence-corrected chi connectivity index (χ3v) is 1.85. The van der Waals surface area contributed by atoms with Crippen molar-refractivity contribution in [2.45, 2.75) is 12.8 Å². The summed E-state index contributed by atoms with van der Waals surface area (Å²) in [4.78, 5) is 0. The van der Waals surface area contributed by atoms with Crippen molar-refractivity contribution >= 4 is 5.84 Å². The normalized spacial score (nSPS) is 9.92. The molecule has 0 unspecified atom stereocenters. The van der Waals surface area contributed by atoms with Gasteiger partial charge in [0.15, 0.2) is 0 Å². The Kier molecular flexibility index (Phi) is 3.46. The van der Waals surface area contributed by atoms with Crippen molar-refractivity contribution in [3.05, 3.63) is 35.4 Å². The van der Waals surface area contributed by atoms with Crippen LogP contribution in [-0.4, -0.2) is 12.4 Å². The molecule has 0 aliphatic heterocycles. The first-order valence-electron chi connectivity index (χ1n) is 4.33. The van der Waals surface area contributed by atoms with Crippen LogP contribution < -0.4 is 11.5 Å². The van der Waals surface area contributed by atoms with Gasteiger partial charge in [0.05, 0.1) is 5.84 Å². The van der Waals surface area contributed by atoms with E-state index in [2.05, 4.69) is 0 Å². The Hall–Kier alpha value is -1.35. The Labute approximate surface area is 78.3 Å². The highest BCUT2D eigenvalue weighted by atomic mass is 14.7. The maximum Gasteiger partial charge on any atom is 0.0950 e. The molecule has 5 N–H and O–H groups in total. The topological polar surface area (TPSA) is 75.9 Å². The minimum absolute atomic E-state index is 0.201. The molecule has 0 atom stereocenters. The fourth-order valence-corrected chi connectivity index (χ4v) is 1.21. The number of amidine groups is 1. The molecule has 1 rings (SSSR count). The van der Waals surface area contributed by atoms with Crippen LogP contribution in [0.15, 0.2) is 24.3 Å². The van der Waals surface area contributed by atoms with Crippen LogP contribution >= 0.6 is 0 Å². The summed E-state index contributed by atoms with van der Waals surface area (Å²) in [6, 6.07) is 8.05. The molecule has 13 heavy (non-hydrogen) atoms. The summed E-state index contributed by atoms with van der Waals surface area (Å²) in [7, 11) is 0. The molecule has 0 aliphatic carbocycles. The lowest BCUT2D eigenvalue weighted by Crippen LogP contribution is -2.12. The lowest BCUT2D eigenvalue weighted by molar-refractivity contribution is 0.967. The molecule has 0 aliphatic rings. The minimum atomic E-state index is 0.201. The predicted octanol–water partition coefficient (Wildman–Crippen LogP) is 0.666. The van der Waals surface area contributed by atoms with E-state index in [0.29, 0.717) is 13.0 Å². The van der Waals surface area contributed by atoms with Crippen molar-refractivity contribution in [1.29, 1.82) is 5.41 Å². The zero-order valence-corrected chi connectivity index (χ0v) is 7.59. The van der Waals surface area contributed by atoms with Crippen LogP contribution in [0, 0.1) is 5.41 Å². The Morgan fingerprint density at radius 2 is 1.69 bits per heavy atom. The molecular formula is C10H15N3. The molecule has 0 spiro atoms. The number of hydrogen-bond acceptors (Lipinski definition) is 2. The molecule has 0 aromatic heterocycles. The van der Waals surface area contributed by atoms with E-state index >= 15 is 0 Å². The highest BCUT2D eigenvalue weighted by molar-refractivity contribution is 5.79. The fourth-order valence-electron chi connectivity index (χ4n) is 1.21. The van der Waals surface area contributed by atoms with Gasteiger partial charge in [-0.15, -0.1) is 0 Å². The lowest BCUT2D eigenvalue weighted by atomic mass is 10.1.